The molecule has 20 heavy (non-hydrogen) atoms. The van der Waals surface area contributed by atoms with Crippen LogP contribution in [0.3, 0.4) is 0 Å². The van der Waals surface area contributed by atoms with Gasteiger partial charge >= 0.3 is 0 Å². The highest BCUT2D eigenvalue weighted by Crippen LogP contribution is 2.39. The largest absolute Gasteiger partial charge is 0.306 e. The van der Waals surface area contributed by atoms with Gasteiger partial charge in [0.15, 0.2) is 0 Å². The van der Waals surface area contributed by atoms with E-state index in [1.54, 1.807) is 11.8 Å². The van der Waals surface area contributed by atoms with E-state index in [1.807, 2.05) is 31.2 Å². The first-order valence-electron chi connectivity index (χ1n) is 6.63. The highest BCUT2D eigenvalue weighted by atomic mass is 32.2. The van der Waals surface area contributed by atoms with Gasteiger partial charge in [-0.1, -0.05) is 36.7 Å². The molecule has 2 heterocycles. The summed E-state index contributed by atoms with van der Waals surface area (Å²) in [6.07, 6.45) is 1.67. The van der Waals surface area contributed by atoms with Gasteiger partial charge in [-0.25, -0.2) is 4.63 Å². The van der Waals surface area contributed by atoms with Crippen molar-refractivity contribution in [3.05, 3.63) is 35.5 Å². The number of aromatic nitrogens is 2. The second kappa shape index (κ2) is 5.66. The maximum absolute atomic E-state index is 12.4. The molecule has 0 saturated heterocycles. The van der Waals surface area contributed by atoms with Gasteiger partial charge in [0.25, 0.3) is 0 Å². The molecule has 0 bridgehead atoms. The molecule has 0 unspecified atom stereocenters. The first-order chi connectivity index (χ1) is 9.79. The van der Waals surface area contributed by atoms with Gasteiger partial charge < -0.3 is 5.32 Å². The van der Waals surface area contributed by atoms with Crippen LogP contribution < -0.4 is 5.32 Å². The van der Waals surface area contributed by atoms with E-state index in [0.29, 0.717) is 11.5 Å². The lowest BCUT2D eigenvalue weighted by Crippen LogP contribution is -2.21. The lowest BCUT2D eigenvalue weighted by atomic mass is 10.0. The van der Waals surface area contributed by atoms with E-state index in [9.17, 15) is 4.79 Å². The van der Waals surface area contributed by atoms with Crippen LogP contribution in [0, 0.1) is 0 Å². The molecular weight excluding hydrogens is 274 g/mol. The van der Waals surface area contributed by atoms with Crippen LogP contribution >= 0.6 is 11.8 Å². The summed E-state index contributed by atoms with van der Waals surface area (Å²) in [6.45, 7) is 2.05. The number of rotatable bonds is 4. The monoisotopic (exact) mass is 289 g/mol. The number of nitrogens with one attached hydrogen (secondary N) is 1. The van der Waals surface area contributed by atoms with Gasteiger partial charge in [0.1, 0.15) is 5.69 Å². The van der Waals surface area contributed by atoms with Crippen LogP contribution in [0.4, 0.5) is 5.82 Å². The molecule has 1 aromatic heterocycles. The van der Waals surface area contributed by atoms with Crippen LogP contribution in [0.1, 0.15) is 30.5 Å². The van der Waals surface area contributed by atoms with Crippen LogP contribution in [-0.4, -0.2) is 22.0 Å². The molecule has 1 atom stereocenters. The Kier molecular flexibility index (Phi) is 3.73. The Bertz CT molecular complexity index is 626. The number of hydrogen-bond acceptors (Lipinski definition) is 5. The summed E-state index contributed by atoms with van der Waals surface area (Å²) in [5, 5.41) is 10.4. The van der Waals surface area contributed by atoms with Crippen LogP contribution in [0.5, 0.6) is 0 Å². The summed E-state index contributed by atoms with van der Waals surface area (Å²) in [5.41, 5.74) is 1.79. The number of anilines is 1. The topological polar surface area (TPSA) is 68.0 Å². The van der Waals surface area contributed by atoms with Crippen molar-refractivity contribution in [1.29, 1.82) is 0 Å². The fourth-order valence-electron chi connectivity index (χ4n) is 2.29. The molecule has 0 fully saturated rings. The van der Waals surface area contributed by atoms with Crippen molar-refractivity contribution in [2.75, 3.05) is 11.1 Å². The van der Waals surface area contributed by atoms with E-state index in [4.69, 9.17) is 4.63 Å². The van der Waals surface area contributed by atoms with Crippen molar-refractivity contribution in [3.8, 4) is 0 Å². The molecule has 1 aromatic carbocycles. The zero-order valence-corrected chi connectivity index (χ0v) is 11.9. The summed E-state index contributed by atoms with van der Waals surface area (Å²) in [7, 11) is 0. The van der Waals surface area contributed by atoms with E-state index in [0.717, 1.165) is 24.2 Å². The Morgan fingerprint density at radius 1 is 1.45 bits per heavy atom. The summed E-state index contributed by atoms with van der Waals surface area (Å²) < 4.78 is 4.71. The highest BCUT2D eigenvalue weighted by Gasteiger charge is 2.30. The Labute approximate surface area is 121 Å². The first-order valence-corrected chi connectivity index (χ1v) is 7.62. The number of nitrogens with zero attached hydrogens (tertiary/aromatic N) is 2. The minimum absolute atomic E-state index is 0.0458. The van der Waals surface area contributed by atoms with Crippen molar-refractivity contribution >= 4 is 23.5 Å². The van der Waals surface area contributed by atoms with Gasteiger partial charge in [-0.3, -0.25) is 4.79 Å². The molecular formula is C14H15N3O2S. The van der Waals surface area contributed by atoms with Crippen LogP contribution in [0.25, 0.3) is 0 Å². The average molecular weight is 289 g/mol. The van der Waals surface area contributed by atoms with Crippen molar-refractivity contribution in [2.24, 2.45) is 0 Å². The quantitative estimate of drug-likeness (QED) is 0.937. The number of thioether (sulfide) groups is 1. The molecule has 1 aliphatic rings. The van der Waals surface area contributed by atoms with Crippen LogP contribution in [0.15, 0.2) is 33.8 Å². The lowest BCUT2D eigenvalue weighted by molar-refractivity contribution is -0.117. The third kappa shape index (κ3) is 2.43. The third-order valence-corrected chi connectivity index (χ3v) is 4.48. The predicted octanol–water partition coefficient (Wildman–Crippen LogP) is 2.85. The molecule has 0 aliphatic carbocycles. The Morgan fingerprint density at radius 3 is 3.15 bits per heavy atom. The fourth-order valence-corrected chi connectivity index (χ4v) is 3.51. The molecule has 104 valence electrons. The molecule has 0 radical (unpaired) electrons. The number of amides is 1. The summed E-state index contributed by atoms with van der Waals surface area (Å²) in [4.78, 5) is 13.6. The van der Waals surface area contributed by atoms with Gasteiger partial charge in [-0.15, -0.1) is 11.8 Å². The zero-order valence-electron chi connectivity index (χ0n) is 11.1. The minimum atomic E-state index is -0.137. The van der Waals surface area contributed by atoms with Crippen molar-refractivity contribution in [1.82, 2.24) is 10.3 Å². The van der Waals surface area contributed by atoms with Gasteiger partial charge in [0, 0.05) is 10.6 Å². The number of hydrogen-bond donors (Lipinski definition) is 1. The van der Waals surface area contributed by atoms with E-state index >= 15 is 0 Å². The Morgan fingerprint density at radius 2 is 2.30 bits per heavy atom. The average Bonchev–Trinajstić information content (AvgIpc) is 3.06. The predicted molar refractivity (Wildman–Crippen MR) is 76.8 cm³/mol. The summed E-state index contributed by atoms with van der Waals surface area (Å²) in [6, 6.07) is 8.01. The van der Waals surface area contributed by atoms with Crippen molar-refractivity contribution < 1.29 is 9.42 Å². The van der Waals surface area contributed by atoms with Crippen LogP contribution in [-0.2, 0) is 11.2 Å². The van der Waals surface area contributed by atoms with Crippen molar-refractivity contribution in [3.63, 3.8) is 0 Å². The van der Waals surface area contributed by atoms with E-state index in [1.165, 1.54) is 4.90 Å². The summed E-state index contributed by atoms with van der Waals surface area (Å²) >= 11 is 1.71. The smallest absolute Gasteiger partial charge is 0.234 e. The number of benzene rings is 1. The number of carbonyl (C=O) groups excluding carboxylic acids is 1. The zero-order chi connectivity index (χ0) is 13.9. The van der Waals surface area contributed by atoms with Gasteiger partial charge in [0.2, 0.25) is 11.7 Å². The maximum atomic E-state index is 12.4. The number of aryl methyl sites for hydroxylation is 1. The molecule has 0 spiro atoms. The number of carbonyl (C=O) groups is 1. The van der Waals surface area contributed by atoms with Crippen molar-refractivity contribution in [2.45, 2.75) is 30.6 Å². The first kappa shape index (κ1) is 13.2. The number of fused-ring (bicyclic) bond motifs is 1. The Balaban J connectivity index is 1.76. The minimum Gasteiger partial charge on any atom is -0.306 e. The molecule has 5 nitrogen and oxygen atoms in total. The third-order valence-electron chi connectivity index (χ3n) is 3.30. The molecule has 1 N–H and O–H groups in total. The molecule has 3 rings (SSSR count). The molecule has 1 amide bonds. The molecule has 1 aliphatic heterocycles. The second-order valence-electron chi connectivity index (χ2n) is 4.70. The van der Waals surface area contributed by atoms with E-state index < -0.39 is 0 Å². The van der Waals surface area contributed by atoms with Gasteiger partial charge in [0.05, 0.1) is 5.92 Å². The van der Waals surface area contributed by atoms with Gasteiger partial charge in [-0.2, -0.15) is 0 Å². The lowest BCUT2D eigenvalue weighted by Gasteiger charge is -2.10. The maximum Gasteiger partial charge on any atom is 0.234 e. The standard InChI is InChI=1S/C14H15N3O2S/c1-2-5-11-13(17-19-16-11)15-14(18)10-8-20-12-7-4-3-6-9(10)12/h3-4,6-7,10H,2,5,8H2,1H3,(H,15,17,18)/t10-/m1/s1. The van der Waals surface area contributed by atoms with Gasteiger partial charge in [-0.05, 0) is 23.2 Å². The SMILES string of the molecule is CCCc1nonc1NC(=O)[C@@H]1CSc2ccccc21. The Hall–Kier alpha value is -1.82. The van der Waals surface area contributed by atoms with Crippen LogP contribution in [0.2, 0.25) is 0 Å². The second-order valence-corrected chi connectivity index (χ2v) is 5.76. The fraction of sp³-hybridized carbons (Fsp3) is 0.357. The highest BCUT2D eigenvalue weighted by molar-refractivity contribution is 7.99. The van der Waals surface area contributed by atoms with E-state index in [2.05, 4.69) is 15.6 Å². The molecule has 6 heteroatoms. The molecule has 0 saturated carbocycles. The summed E-state index contributed by atoms with van der Waals surface area (Å²) in [5.74, 6) is 1.03. The van der Waals surface area contributed by atoms with E-state index in [-0.39, 0.29) is 11.8 Å². The normalized spacial score (nSPS) is 16.9. The molecule has 2 aromatic rings.